The molecule has 3 rings (SSSR count). The fraction of sp³-hybridized carbons (Fsp3) is 0.611. The Balaban J connectivity index is 1.54. The van der Waals surface area contributed by atoms with E-state index in [1.54, 1.807) is 0 Å². The predicted molar refractivity (Wildman–Crippen MR) is 91.9 cm³/mol. The van der Waals surface area contributed by atoms with Crippen LogP contribution < -0.4 is 10.6 Å². The van der Waals surface area contributed by atoms with E-state index in [2.05, 4.69) is 29.4 Å². The minimum absolute atomic E-state index is 0.132. The fourth-order valence-electron chi connectivity index (χ4n) is 3.52. The Morgan fingerprint density at radius 3 is 2.79 bits per heavy atom. The van der Waals surface area contributed by atoms with E-state index in [9.17, 15) is 9.90 Å². The third-order valence-electron chi connectivity index (χ3n) is 5.04. The second kappa shape index (κ2) is 7.09. The fourth-order valence-corrected chi connectivity index (χ4v) is 3.52. The van der Waals surface area contributed by atoms with E-state index in [1.807, 2.05) is 24.3 Å². The maximum atomic E-state index is 12.3. The molecule has 24 heavy (non-hydrogen) atoms. The Morgan fingerprint density at radius 1 is 1.33 bits per heavy atom. The standard InChI is InChI=1S/C18H27N3O3/c1-18(2,21-7-9-24-10-8-21)12-19-17(23)20-16-14-6-4-3-5-13(14)11-15(16)22/h3-6,15-16,22H,7-12H2,1-2H3,(H2,19,20,23). The molecule has 132 valence electrons. The summed E-state index contributed by atoms with van der Waals surface area (Å²) in [6.45, 7) is 8.03. The molecule has 1 aliphatic carbocycles. The van der Waals surface area contributed by atoms with Gasteiger partial charge in [-0.2, -0.15) is 0 Å². The van der Waals surface area contributed by atoms with Gasteiger partial charge in [-0.3, -0.25) is 4.90 Å². The topological polar surface area (TPSA) is 73.8 Å². The average molecular weight is 333 g/mol. The molecule has 2 unspecified atom stereocenters. The van der Waals surface area contributed by atoms with E-state index in [1.165, 1.54) is 0 Å². The van der Waals surface area contributed by atoms with Gasteiger partial charge in [0.1, 0.15) is 0 Å². The first-order valence-corrected chi connectivity index (χ1v) is 8.60. The van der Waals surface area contributed by atoms with Crippen molar-refractivity contribution in [3.05, 3.63) is 35.4 Å². The van der Waals surface area contributed by atoms with Crippen molar-refractivity contribution in [1.82, 2.24) is 15.5 Å². The summed E-state index contributed by atoms with van der Waals surface area (Å²) in [7, 11) is 0. The molecule has 2 atom stereocenters. The van der Waals surface area contributed by atoms with Gasteiger partial charge in [0.05, 0.1) is 25.4 Å². The minimum atomic E-state index is -0.569. The Hall–Kier alpha value is -1.63. The maximum absolute atomic E-state index is 12.3. The molecule has 6 nitrogen and oxygen atoms in total. The number of rotatable bonds is 4. The summed E-state index contributed by atoms with van der Waals surface area (Å²) in [6.07, 6.45) is 0.0147. The average Bonchev–Trinajstić information content (AvgIpc) is 2.90. The SMILES string of the molecule is CC(C)(CNC(=O)NC1c2ccccc2CC1O)N1CCOCC1. The number of urea groups is 1. The van der Waals surface area contributed by atoms with Crippen molar-refractivity contribution in [3.63, 3.8) is 0 Å². The van der Waals surface area contributed by atoms with Crippen LogP contribution in [0.2, 0.25) is 0 Å². The maximum Gasteiger partial charge on any atom is 0.315 e. The number of amides is 2. The number of nitrogens with zero attached hydrogens (tertiary/aromatic N) is 1. The Morgan fingerprint density at radius 2 is 2.04 bits per heavy atom. The summed E-state index contributed by atoms with van der Waals surface area (Å²) in [5, 5.41) is 16.1. The molecule has 0 bridgehead atoms. The van der Waals surface area contributed by atoms with Crippen LogP contribution >= 0.6 is 0 Å². The van der Waals surface area contributed by atoms with Gasteiger partial charge < -0.3 is 20.5 Å². The predicted octanol–water partition coefficient (Wildman–Crippen LogP) is 1.05. The normalized spacial score (nSPS) is 24.5. The molecule has 1 fully saturated rings. The van der Waals surface area contributed by atoms with Crippen LogP contribution in [0.3, 0.4) is 0 Å². The molecule has 2 aliphatic rings. The lowest BCUT2D eigenvalue weighted by Gasteiger charge is -2.40. The molecule has 0 spiro atoms. The molecule has 1 aromatic carbocycles. The number of carbonyl (C=O) groups is 1. The van der Waals surface area contributed by atoms with E-state index in [0.717, 1.165) is 37.4 Å². The molecule has 6 heteroatoms. The summed E-state index contributed by atoms with van der Waals surface area (Å²) >= 11 is 0. The lowest BCUT2D eigenvalue weighted by atomic mass is 10.0. The van der Waals surface area contributed by atoms with Crippen molar-refractivity contribution in [1.29, 1.82) is 0 Å². The molecule has 1 aliphatic heterocycles. The molecule has 1 heterocycles. The smallest absolute Gasteiger partial charge is 0.315 e. The van der Waals surface area contributed by atoms with E-state index in [-0.39, 0.29) is 17.6 Å². The van der Waals surface area contributed by atoms with Crippen molar-refractivity contribution >= 4 is 6.03 Å². The van der Waals surface area contributed by atoms with Crippen molar-refractivity contribution in [2.75, 3.05) is 32.8 Å². The number of morpholine rings is 1. The molecule has 0 radical (unpaired) electrons. The molecular weight excluding hydrogens is 306 g/mol. The van der Waals surface area contributed by atoms with Gasteiger partial charge in [0.2, 0.25) is 0 Å². The highest BCUT2D eigenvalue weighted by Crippen LogP contribution is 2.31. The van der Waals surface area contributed by atoms with Gasteiger partial charge in [0.15, 0.2) is 0 Å². The second-order valence-corrected chi connectivity index (χ2v) is 7.19. The zero-order chi connectivity index (χ0) is 17.2. The monoisotopic (exact) mass is 333 g/mol. The van der Waals surface area contributed by atoms with Crippen LogP contribution in [0.1, 0.15) is 31.0 Å². The van der Waals surface area contributed by atoms with Crippen LogP contribution in [0.25, 0.3) is 0 Å². The molecular formula is C18H27N3O3. The van der Waals surface area contributed by atoms with Gasteiger partial charge >= 0.3 is 6.03 Å². The lowest BCUT2D eigenvalue weighted by Crippen LogP contribution is -2.56. The van der Waals surface area contributed by atoms with Gasteiger partial charge in [-0.15, -0.1) is 0 Å². The molecule has 1 aromatic rings. The Kier molecular flexibility index (Phi) is 5.08. The molecule has 1 saturated heterocycles. The van der Waals surface area contributed by atoms with Crippen molar-refractivity contribution in [2.45, 2.75) is 38.0 Å². The van der Waals surface area contributed by atoms with Gasteiger partial charge in [0, 0.05) is 31.6 Å². The first-order chi connectivity index (χ1) is 11.5. The molecule has 2 amide bonds. The minimum Gasteiger partial charge on any atom is -0.390 e. The highest BCUT2D eigenvalue weighted by atomic mass is 16.5. The number of aliphatic hydroxyl groups is 1. The van der Waals surface area contributed by atoms with Crippen LogP contribution in [0, 0.1) is 0 Å². The molecule has 0 aromatic heterocycles. The van der Waals surface area contributed by atoms with E-state index in [0.29, 0.717) is 13.0 Å². The van der Waals surface area contributed by atoms with E-state index >= 15 is 0 Å². The number of nitrogens with one attached hydrogen (secondary N) is 2. The third-order valence-corrected chi connectivity index (χ3v) is 5.04. The highest BCUT2D eigenvalue weighted by Gasteiger charge is 2.33. The summed E-state index contributed by atoms with van der Waals surface area (Å²) in [6, 6.07) is 7.28. The molecule has 0 saturated carbocycles. The van der Waals surface area contributed by atoms with Crippen LogP contribution in [0.15, 0.2) is 24.3 Å². The Bertz CT molecular complexity index is 585. The van der Waals surface area contributed by atoms with E-state index < -0.39 is 6.10 Å². The first kappa shape index (κ1) is 17.2. The zero-order valence-corrected chi connectivity index (χ0v) is 14.4. The largest absolute Gasteiger partial charge is 0.390 e. The molecule has 3 N–H and O–H groups in total. The van der Waals surface area contributed by atoms with Crippen LogP contribution in [-0.4, -0.2) is 60.5 Å². The summed E-state index contributed by atoms with van der Waals surface area (Å²) in [5.41, 5.74) is 1.98. The zero-order valence-electron chi connectivity index (χ0n) is 14.4. The van der Waals surface area contributed by atoms with Crippen molar-refractivity contribution in [3.8, 4) is 0 Å². The first-order valence-electron chi connectivity index (χ1n) is 8.60. The lowest BCUT2D eigenvalue weighted by molar-refractivity contribution is -0.00880. The number of hydrogen-bond donors (Lipinski definition) is 3. The van der Waals surface area contributed by atoms with Gasteiger partial charge in [-0.05, 0) is 25.0 Å². The van der Waals surface area contributed by atoms with Crippen LogP contribution in [0.5, 0.6) is 0 Å². The van der Waals surface area contributed by atoms with E-state index in [4.69, 9.17) is 4.74 Å². The third kappa shape index (κ3) is 3.71. The van der Waals surface area contributed by atoms with Crippen molar-refractivity contribution in [2.24, 2.45) is 0 Å². The van der Waals surface area contributed by atoms with Gasteiger partial charge in [-0.1, -0.05) is 24.3 Å². The summed E-state index contributed by atoms with van der Waals surface area (Å²) in [4.78, 5) is 14.6. The number of hydrogen-bond acceptors (Lipinski definition) is 4. The number of fused-ring (bicyclic) bond motifs is 1. The van der Waals surface area contributed by atoms with Crippen LogP contribution in [0.4, 0.5) is 4.79 Å². The number of ether oxygens (including phenoxy) is 1. The van der Waals surface area contributed by atoms with Crippen molar-refractivity contribution < 1.29 is 14.6 Å². The number of benzene rings is 1. The quantitative estimate of drug-likeness (QED) is 0.770. The van der Waals surface area contributed by atoms with Gasteiger partial charge in [-0.25, -0.2) is 4.79 Å². The summed E-state index contributed by atoms with van der Waals surface area (Å²) < 4.78 is 5.39. The van der Waals surface area contributed by atoms with Crippen LogP contribution in [-0.2, 0) is 11.2 Å². The highest BCUT2D eigenvalue weighted by molar-refractivity contribution is 5.75. The second-order valence-electron chi connectivity index (χ2n) is 7.19. The van der Waals surface area contributed by atoms with Gasteiger partial charge in [0.25, 0.3) is 0 Å². The Labute approximate surface area is 143 Å². The number of aliphatic hydroxyl groups excluding tert-OH is 1. The summed E-state index contributed by atoms with van der Waals surface area (Å²) in [5.74, 6) is 0. The number of carbonyl (C=O) groups excluding carboxylic acids is 1.